The van der Waals surface area contributed by atoms with E-state index in [9.17, 15) is 5.11 Å². The Hall–Kier alpha value is -8.01. The van der Waals surface area contributed by atoms with Gasteiger partial charge in [-0.15, -0.1) is 0 Å². The first-order valence-electron chi connectivity index (χ1n) is 20.0. The van der Waals surface area contributed by atoms with Gasteiger partial charge in [-0.05, 0) is 65.4 Å². The molecule has 6 aromatic carbocycles. The Morgan fingerprint density at radius 1 is 0.617 bits per heavy atom. The summed E-state index contributed by atoms with van der Waals surface area (Å²) in [6.07, 6.45) is 4.32. The number of aliphatic hydroxyl groups is 1. The predicted octanol–water partition coefficient (Wildman–Crippen LogP) is 12.5. The normalized spacial score (nSPS) is 16.6. The van der Waals surface area contributed by atoms with Crippen molar-refractivity contribution in [3.8, 4) is 33.9 Å². The Labute approximate surface area is 341 Å². The van der Waals surface area contributed by atoms with Crippen LogP contribution in [0.4, 0.5) is 11.5 Å². The van der Waals surface area contributed by atoms with Crippen LogP contribution in [0.1, 0.15) is 23.1 Å². The van der Waals surface area contributed by atoms with Crippen molar-refractivity contribution in [3.05, 3.63) is 187 Å². The minimum Gasteiger partial charge on any atom is -0.464 e. The Morgan fingerprint density at radius 2 is 1.30 bits per heavy atom. The van der Waals surface area contributed by atoms with E-state index in [1.165, 1.54) is 0 Å². The zero-order chi connectivity index (χ0) is 39.5. The molecule has 286 valence electrons. The lowest BCUT2D eigenvalue weighted by Gasteiger charge is -2.40. The molecule has 0 saturated heterocycles. The quantitative estimate of drug-likeness (QED) is 0.115. The van der Waals surface area contributed by atoms with Crippen LogP contribution < -0.4 is 4.90 Å². The molecule has 0 bridgehead atoms. The molecule has 9 heteroatoms. The highest BCUT2D eigenvalue weighted by Gasteiger charge is 2.59. The van der Waals surface area contributed by atoms with Gasteiger partial charge < -0.3 is 33.8 Å². The number of hydrogen-bond acceptors (Lipinski definition) is 5. The summed E-state index contributed by atoms with van der Waals surface area (Å²) in [5.74, 6) is 1.98. The first-order valence-corrected chi connectivity index (χ1v) is 20.0. The van der Waals surface area contributed by atoms with Crippen molar-refractivity contribution >= 4 is 65.8 Å². The fourth-order valence-corrected chi connectivity index (χ4v) is 9.93. The van der Waals surface area contributed by atoms with E-state index in [0.717, 1.165) is 93.7 Å². The zero-order valence-electron chi connectivity index (χ0n) is 31.9. The summed E-state index contributed by atoms with van der Waals surface area (Å²) in [6, 6.07) is 51.5. The summed E-state index contributed by atoms with van der Waals surface area (Å²) in [6.45, 7) is 0. The smallest absolute Gasteiger partial charge is 0.164 e. The molecule has 0 aliphatic carbocycles. The number of hydrogen-bond donors (Lipinski definition) is 5. The second-order valence-electron chi connectivity index (χ2n) is 15.6. The van der Waals surface area contributed by atoms with Gasteiger partial charge in [-0.1, -0.05) is 97.1 Å². The molecule has 2 atom stereocenters. The number of aromatic nitrogens is 5. The van der Waals surface area contributed by atoms with E-state index in [1.807, 2.05) is 85.1 Å². The van der Waals surface area contributed by atoms with Crippen LogP contribution in [0, 0.1) is 0 Å². The van der Waals surface area contributed by atoms with Gasteiger partial charge in [0.05, 0.1) is 35.1 Å². The summed E-state index contributed by atoms with van der Waals surface area (Å²) in [4.78, 5) is 13.6. The number of anilines is 2. The van der Waals surface area contributed by atoms with E-state index in [4.69, 9.17) is 13.9 Å². The summed E-state index contributed by atoms with van der Waals surface area (Å²) >= 11 is 0. The lowest BCUT2D eigenvalue weighted by Crippen LogP contribution is -2.46. The van der Waals surface area contributed by atoms with E-state index in [2.05, 4.69) is 97.7 Å². The van der Waals surface area contributed by atoms with Gasteiger partial charge in [0.1, 0.15) is 17.6 Å². The highest BCUT2D eigenvalue weighted by molar-refractivity contribution is 6.08. The number of rotatable bonds is 6. The van der Waals surface area contributed by atoms with E-state index in [0.29, 0.717) is 22.9 Å². The highest BCUT2D eigenvalue weighted by atomic mass is 16.3. The first kappa shape index (κ1) is 33.0. The van der Waals surface area contributed by atoms with Gasteiger partial charge in [-0.25, -0.2) is 0 Å². The fraction of sp³-hybridized carbons (Fsp3) is 0.0392. The Morgan fingerprint density at radius 3 is 2.07 bits per heavy atom. The minimum atomic E-state index is -1.34. The average molecular weight is 779 g/mol. The molecule has 9 nitrogen and oxygen atoms in total. The van der Waals surface area contributed by atoms with Crippen molar-refractivity contribution in [1.29, 1.82) is 0 Å². The van der Waals surface area contributed by atoms with Gasteiger partial charge in [-0.3, -0.25) is 5.10 Å². The number of furan rings is 2. The zero-order valence-corrected chi connectivity index (χ0v) is 31.9. The van der Waals surface area contributed by atoms with Gasteiger partial charge in [0.2, 0.25) is 0 Å². The van der Waals surface area contributed by atoms with Gasteiger partial charge in [-0.2, -0.15) is 5.10 Å². The number of para-hydroxylation sites is 3. The van der Waals surface area contributed by atoms with Crippen molar-refractivity contribution in [2.75, 3.05) is 4.90 Å². The summed E-state index contributed by atoms with van der Waals surface area (Å²) in [5.41, 5.74) is 7.74. The lowest BCUT2D eigenvalue weighted by molar-refractivity contribution is 0.115. The Bertz CT molecular complexity index is 3550. The second-order valence-corrected chi connectivity index (χ2v) is 15.6. The Kier molecular flexibility index (Phi) is 6.74. The lowest BCUT2D eigenvalue weighted by atomic mass is 9.80. The molecule has 0 spiro atoms. The van der Waals surface area contributed by atoms with Crippen LogP contribution >= 0.6 is 0 Å². The predicted molar refractivity (Wildman–Crippen MR) is 237 cm³/mol. The van der Waals surface area contributed by atoms with Crippen LogP contribution in [0.3, 0.4) is 0 Å². The van der Waals surface area contributed by atoms with Crippen molar-refractivity contribution in [3.63, 3.8) is 0 Å². The van der Waals surface area contributed by atoms with Gasteiger partial charge in [0, 0.05) is 72.1 Å². The molecule has 60 heavy (non-hydrogen) atoms. The number of aromatic amines is 4. The van der Waals surface area contributed by atoms with Gasteiger partial charge >= 0.3 is 0 Å². The third kappa shape index (κ3) is 4.41. The molecule has 12 aromatic rings. The standard InChI is InChI=1S/C51H34N6O3/c58-49-46-41(26-36(42-22-11-23-59-42)44(47-33-16-5-2-15-32(33)28-60-47)45(46)40-24-29-12-3-8-19-37(29)53-40)57(50-35-18-7-10-21-39(35)55-56-50)51(49,43-25-30-13-4-9-20-38(30)54-43)48-34-17-6-1-14-31(34)27-52-48/h1-28,49,52-54,58H,(H,55,56). The maximum atomic E-state index is 14.1. The van der Waals surface area contributed by atoms with E-state index >= 15 is 0 Å². The van der Waals surface area contributed by atoms with Crippen LogP contribution in [-0.2, 0) is 5.54 Å². The van der Waals surface area contributed by atoms with Crippen LogP contribution in [0.25, 0.3) is 88.2 Å². The largest absolute Gasteiger partial charge is 0.464 e. The number of aliphatic hydroxyl groups excluding tert-OH is 1. The molecule has 1 aliphatic rings. The molecule has 2 unspecified atom stereocenters. The molecule has 13 rings (SSSR count). The summed E-state index contributed by atoms with van der Waals surface area (Å²) in [7, 11) is 0. The molecule has 0 fully saturated rings. The van der Waals surface area contributed by atoms with E-state index in [1.54, 1.807) is 12.5 Å². The topological polar surface area (TPSA) is 126 Å². The van der Waals surface area contributed by atoms with Crippen LogP contribution in [0.2, 0.25) is 0 Å². The fourth-order valence-electron chi connectivity index (χ4n) is 9.93. The molecule has 5 N–H and O–H groups in total. The number of benzene rings is 6. The molecule has 0 saturated carbocycles. The number of nitrogens with one attached hydrogen (secondary N) is 4. The molecule has 0 amide bonds. The van der Waals surface area contributed by atoms with Gasteiger partial charge in [0.15, 0.2) is 11.4 Å². The van der Waals surface area contributed by atoms with Gasteiger partial charge in [0.25, 0.3) is 0 Å². The van der Waals surface area contributed by atoms with Crippen LogP contribution in [0.5, 0.6) is 0 Å². The summed E-state index contributed by atoms with van der Waals surface area (Å²) in [5, 5.41) is 29.5. The highest BCUT2D eigenvalue weighted by Crippen LogP contribution is 2.64. The third-order valence-corrected chi connectivity index (χ3v) is 12.5. The number of H-pyrrole nitrogens is 4. The van der Waals surface area contributed by atoms with Crippen molar-refractivity contribution in [2.24, 2.45) is 0 Å². The van der Waals surface area contributed by atoms with Crippen LogP contribution in [0.15, 0.2) is 179 Å². The van der Waals surface area contributed by atoms with Crippen molar-refractivity contribution < 1.29 is 13.9 Å². The molecule has 7 heterocycles. The van der Waals surface area contributed by atoms with Crippen molar-refractivity contribution in [1.82, 2.24) is 25.1 Å². The minimum absolute atomic E-state index is 0.653. The number of fused-ring (bicyclic) bond motifs is 6. The molecule has 0 radical (unpaired) electrons. The first-order chi connectivity index (χ1) is 29.7. The maximum absolute atomic E-state index is 14.1. The van der Waals surface area contributed by atoms with Crippen molar-refractivity contribution in [2.45, 2.75) is 11.6 Å². The SMILES string of the molecule is OC1c2c(cc(-c3ccco3)c(-c3occ4ccccc34)c2-c2cc3ccccc3[nH]2)N(c2n[nH]c3ccccc23)C1(c1cc2ccccc2[nH]1)c1[nH]cc2ccccc12. The molecular weight excluding hydrogens is 745 g/mol. The Balaban J connectivity index is 1.26. The summed E-state index contributed by atoms with van der Waals surface area (Å²) < 4.78 is 13.0. The maximum Gasteiger partial charge on any atom is 0.164 e. The van der Waals surface area contributed by atoms with Crippen LogP contribution in [-0.4, -0.2) is 30.3 Å². The third-order valence-electron chi connectivity index (χ3n) is 12.5. The molecule has 1 aliphatic heterocycles. The van der Waals surface area contributed by atoms with E-state index < -0.39 is 11.6 Å². The average Bonchev–Trinajstić information content (AvgIpc) is 4.16. The molecular formula is C51H34N6O3. The van der Waals surface area contributed by atoms with E-state index in [-0.39, 0.29) is 0 Å². The monoisotopic (exact) mass is 778 g/mol. The molecule has 6 aromatic heterocycles. The number of nitrogens with zero attached hydrogens (tertiary/aromatic N) is 2. The second kappa shape index (κ2) is 12.3.